The first kappa shape index (κ1) is 12.4. The third kappa shape index (κ3) is 3.19. The summed E-state index contributed by atoms with van der Waals surface area (Å²) >= 11 is 0. The summed E-state index contributed by atoms with van der Waals surface area (Å²) in [5, 5.41) is 0. The van der Waals surface area contributed by atoms with E-state index in [2.05, 4.69) is 17.6 Å². The zero-order valence-electron chi connectivity index (χ0n) is 10.2. The first-order chi connectivity index (χ1) is 8.33. The van der Waals surface area contributed by atoms with E-state index in [1.54, 1.807) is 7.11 Å². The molecule has 0 amide bonds. The van der Waals surface area contributed by atoms with Crippen molar-refractivity contribution in [1.82, 2.24) is 5.43 Å². The van der Waals surface area contributed by atoms with Gasteiger partial charge in [-0.05, 0) is 30.5 Å². The molecule has 4 nitrogen and oxygen atoms in total. The lowest BCUT2D eigenvalue weighted by molar-refractivity contribution is 0.176. The third-order valence-electron chi connectivity index (χ3n) is 3.34. The first-order valence-corrected chi connectivity index (χ1v) is 6.00. The van der Waals surface area contributed by atoms with Gasteiger partial charge in [-0.2, -0.15) is 0 Å². The minimum atomic E-state index is 0.268. The minimum absolute atomic E-state index is 0.268. The number of hydrogen-bond acceptors (Lipinski definition) is 4. The van der Waals surface area contributed by atoms with Crippen LogP contribution >= 0.6 is 0 Å². The number of rotatable bonds is 5. The van der Waals surface area contributed by atoms with E-state index in [-0.39, 0.29) is 6.04 Å². The van der Waals surface area contributed by atoms with E-state index in [1.807, 2.05) is 12.1 Å². The van der Waals surface area contributed by atoms with Crippen LogP contribution in [-0.2, 0) is 11.2 Å². The minimum Gasteiger partial charge on any atom is -0.497 e. The Hall–Kier alpha value is -1.10. The predicted molar refractivity (Wildman–Crippen MR) is 66.7 cm³/mol. The molecule has 1 aromatic carbocycles. The van der Waals surface area contributed by atoms with E-state index >= 15 is 0 Å². The van der Waals surface area contributed by atoms with Crippen LogP contribution in [0, 0.1) is 5.92 Å². The van der Waals surface area contributed by atoms with Crippen molar-refractivity contribution in [2.24, 2.45) is 11.8 Å². The van der Waals surface area contributed by atoms with Crippen LogP contribution in [0.5, 0.6) is 5.75 Å². The van der Waals surface area contributed by atoms with Crippen molar-refractivity contribution >= 4 is 0 Å². The van der Waals surface area contributed by atoms with Gasteiger partial charge < -0.3 is 9.47 Å². The third-order valence-corrected chi connectivity index (χ3v) is 3.34. The largest absolute Gasteiger partial charge is 0.497 e. The monoisotopic (exact) mass is 236 g/mol. The molecule has 94 valence electrons. The number of ether oxygens (including phenoxy) is 2. The van der Waals surface area contributed by atoms with Gasteiger partial charge in [0, 0.05) is 18.6 Å². The van der Waals surface area contributed by atoms with Crippen molar-refractivity contribution in [3.05, 3.63) is 29.8 Å². The van der Waals surface area contributed by atoms with Crippen molar-refractivity contribution in [3.8, 4) is 5.75 Å². The Morgan fingerprint density at radius 1 is 1.59 bits per heavy atom. The fourth-order valence-corrected chi connectivity index (χ4v) is 2.29. The molecule has 0 saturated carbocycles. The van der Waals surface area contributed by atoms with E-state index in [1.165, 1.54) is 5.56 Å². The second kappa shape index (κ2) is 6.00. The van der Waals surface area contributed by atoms with Gasteiger partial charge in [-0.3, -0.25) is 11.3 Å². The van der Waals surface area contributed by atoms with Crippen LogP contribution in [0.1, 0.15) is 12.0 Å². The van der Waals surface area contributed by atoms with Crippen LogP contribution < -0.4 is 16.0 Å². The summed E-state index contributed by atoms with van der Waals surface area (Å²) in [6.07, 6.45) is 1.99. The van der Waals surface area contributed by atoms with Crippen molar-refractivity contribution in [2.45, 2.75) is 18.9 Å². The van der Waals surface area contributed by atoms with Gasteiger partial charge in [0.25, 0.3) is 0 Å². The normalized spacial score (nSPS) is 21.4. The average molecular weight is 236 g/mol. The Bertz CT molecular complexity index is 351. The van der Waals surface area contributed by atoms with Crippen LogP contribution in [0.2, 0.25) is 0 Å². The van der Waals surface area contributed by atoms with Crippen LogP contribution in [0.25, 0.3) is 0 Å². The molecule has 0 aliphatic carbocycles. The van der Waals surface area contributed by atoms with Gasteiger partial charge in [-0.25, -0.2) is 0 Å². The molecule has 2 rings (SSSR count). The molecule has 0 aromatic heterocycles. The topological polar surface area (TPSA) is 56.5 Å². The lowest BCUT2D eigenvalue weighted by Gasteiger charge is -2.21. The van der Waals surface area contributed by atoms with Gasteiger partial charge in [-0.1, -0.05) is 12.1 Å². The molecule has 2 atom stereocenters. The fourth-order valence-electron chi connectivity index (χ4n) is 2.29. The number of nitrogens with two attached hydrogens (primary N) is 1. The van der Waals surface area contributed by atoms with Crippen molar-refractivity contribution in [3.63, 3.8) is 0 Å². The molecule has 4 heteroatoms. The van der Waals surface area contributed by atoms with Gasteiger partial charge in [-0.15, -0.1) is 0 Å². The summed E-state index contributed by atoms with van der Waals surface area (Å²) in [6.45, 7) is 1.65. The Labute approximate surface area is 102 Å². The van der Waals surface area contributed by atoms with Crippen molar-refractivity contribution < 1.29 is 9.47 Å². The van der Waals surface area contributed by atoms with E-state index in [0.29, 0.717) is 5.92 Å². The molecule has 1 saturated heterocycles. The lowest BCUT2D eigenvalue weighted by atomic mass is 9.93. The summed E-state index contributed by atoms with van der Waals surface area (Å²) in [6, 6.07) is 8.38. The molecule has 0 spiro atoms. The number of hydrogen-bond donors (Lipinski definition) is 2. The number of hydrazine groups is 1. The van der Waals surface area contributed by atoms with Gasteiger partial charge >= 0.3 is 0 Å². The van der Waals surface area contributed by atoms with Gasteiger partial charge in [0.05, 0.1) is 13.7 Å². The molecule has 17 heavy (non-hydrogen) atoms. The maximum atomic E-state index is 5.63. The molecule has 1 aromatic rings. The summed E-state index contributed by atoms with van der Waals surface area (Å²) < 4.78 is 10.6. The highest BCUT2D eigenvalue weighted by atomic mass is 16.5. The van der Waals surface area contributed by atoms with E-state index in [9.17, 15) is 0 Å². The first-order valence-electron chi connectivity index (χ1n) is 6.00. The highest BCUT2D eigenvalue weighted by Crippen LogP contribution is 2.21. The molecule has 3 N–H and O–H groups in total. The highest BCUT2D eigenvalue weighted by molar-refractivity contribution is 5.29. The molecule has 0 radical (unpaired) electrons. The zero-order chi connectivity index (χ0) is 12.1. The van der Waals surface area contributed by atoms with Crippen LogP contribution in [0.15, 0.2) is 24.3 Å². The number of benzene rings is 1. The molecule has 0 bridgehead atoms. The number of nitrogens with one attached hydrogen (secondary N) is 1. The maximum absolute atomic E-state index is 5.63. The Morgan fingerprint density at radius 2 is 2.47 bits per heavy atom. The summed E-state index contributed by atoms with van der Waals surface area (Å²) in [7, 11) is 1.68. The highest BCUT2D eigenvalue weighted by Gasteiger charge is 2.24. The number of methoxy groups -OCH3 is 1. The average Bonchev–Trinajstić information content (AvgIpc) is 2.90. The predicted octanol–water partition coefficient (Wildman–Crippen LogP) is 1.11. The lowest BCUT2D eigenvalue weighted by Crippen LogP contribution is -2.42. The van der Waals surface area contributed by atoms with Gasteiger partial charge in [0.2, 0.25) is 0 Å². The van der Waals surface area contributed by atoms with Gasteiger partial charge in [0.1, 0.15) is 5.75 Å². The Morgan fingerprint density at radius 3 is 3.12 bits per heavy atom. The van der Waals surface area contributed by atoms with Crippen molar-refractivity contribution in [1.29, 1.82) is 0 Å². The maximum Gasteiger partial charge on any atom is 0.119 e. The van der Waals surface area contributed by atoms with Crippen LogP contribution in [-0.4, -0.2) is 26.4 Å². The van der Waals surface area contributed by atoms with E-state index < -0.39 is 0 Å². The molecular formula is C13H20N2O2. The standard InChI is InChI=1S/C13H20N2O2/c1-16-12-4-2-3-10(7-12)8-13(15-14)11-5-6-17-9-11/h2-4,7,11,13,15H,5-6,8-9,14H2,1H3. The summed E-state index contributed by atoms with van der Waals surface area (Å²) in [5.74, 6) is 7.03. The summed E-state index contributed by atoms with van der Waals surface area (Å²) in [4.78, 5) is 0. The van der Waals surface area contributed by atoms with Crippen molar-refractivity contribution in [2.75, 3.05) is 20.3 Å². The SMILES string of the molecule is COc1cccc(CC(NN)C2CCOC2)c1. The second-order valence-electron chi connectivity index (χ2n) is 4.45. The Balaban J connectivity index is 2.01. The Kier molecular flexibility index (Phi) is 4.36. The molecule has 1 heterocycles. The molecular weight excluding hydrogens is 216 g/mol. The van der Waals surface area contributed by atoms with Crippen LogP contribution in [0.3, 0.4) is 0 Å². The second-order valence-corrected chi connectivity index (χ2v) is 4.45. The molecule has 1 aliphatic heterocycles. The van der Waals surface area contributed by atoms with E-state index in [4.69, 9.17) is 15.3 Å². The molecule has 1 fully saturated rings. The quantitative estimate of drug-likeness (QED) is 0.594. The summed E-state index contributed by atoms with van der Waals surface area (Å²) in [5.41, 5.74) is 4.14. The van der Waals surface area contributed by atoms with E-state index in [0.717, 1.165) is 31.8 Å². The zero-order valence-corrected chi connectivity index (χ0v) is 10.2. The molecule has 2 unspecified atom stereocenters. The van der Waals surface area contributed by atoms with Gasteiger partial charge in [0.15, 0.2) is 0 Å². The smallest absolute Gasteiger partial charge is 0.119 e. The fraction of sp³-hybridized carbons (Fsp3) is 0.538. The van der Waals surface area contributed by atoms with Crippen LogP contribution in [0.4, 0.5) is 0 Å². The molecule has 1 aliphatic rings.